The van der Waals surface area contributed by atoms with Crippen molar-refractivity contribution in [3.8, 4) is 5.75 Å². The topological polar surface area (TPSA) is 75.7 Å². The summed E-state index contributed by atoms with van der Waals surface area (Å²) >= 11 is 0. The van der Waals surface area contributed by atoms with Crippen molar-refractivity contribution < 1.29 is 17.9 Å². The van der Waals surface area contributed by atoms with Crippen LogP contribution >= 0.6 is 0 Å². The Hall–Kier alpha value is -2.38. The number of ether oxygens (including phenoxy) is 1. The molecule has 7 heteroatoms. The van der Waals surface area contributed by atoms with Crippen LogP contribution in [0.5, 0.6) is 5.75 Å². The zero-order valence-electron chi connectivity index (χ0n) is 16.9. The largest absolute Gasteiger partial charge is 0.493 e. The first-order valence-corrected chi connectivity index (χ1v) is 11.4. The summed E-state index contributed by atoms with van der Waals surface area (Å²) < 4.78 is 33.4. The van der Waals surface area contributed by atoms with E-state index in [2.05, 4.69) is 4.72 Å². The predicted molar refractivity (Wildman–Crippen MR) is 112 cm³/mol. The van der Waals surface area contributed by atoms with E-state index in [9.17, 15) is 13.2 Å². The smallest absolute Gasteiger partial charge is 0.240 e. The number of aryl methyl sites for hydroxylation is 1. The lowest BCUT2D eigenvalue weighted by Gasteiger charge is -2.32. The average Bonchev–Trinajstić information content (AvgIpc) is 2.72. The van der Waals surface area contributed by atoms with Crippen molar-refractivity contribution in [2.24, 2.45) is 0 Å². The highest BCUT2D eigenvalue weighted by atomic mass is 32.2. The number of benzene rings is 2. The minimum Gasteiger partial charge on any atom is -0.493 e. The zero-order valence-corrected chi connectivity index (χ0v) is 17.7. The van der Waals surface area contributed by atoms with Gasteiger partial charge >= 0.3 is 0 Å². The van der Waals surface area contributed by atoms with Gasteiger partial charge in [-0.1, -0.05) is 30.3 Å². The minimum absolute atomic E-state index is 0.0414. The van der Waals surface area contributed by atoms with Gasteiger partial charge in [-0.2, -0.15) is 0 Å². The van der Waals surface area contributed by atoms with Crippen LogP contribution in [0.25, 0.3) is 0 Å². The molecular weight excluding hydrogens is 388 g/mol. The molecule has 6 nitrogen and oxygen atoms in total. The Bertz CT molecular complexity index is 937. The van der Waals surface area contributed by atoms with E-state index in [1.165, 1.54) is 0 Å². The highest BCUT2D eigenvalue weighted by molar-refractivity contribution is 7.89. The summed E-state index contributed by atoms with van der Waals surface area (Å²) in [6.07, 6.45) is 1.53. The molecule has 1 fully saturated rings. The van der Waals surface area contributed by atoms with Crippen LogP contribution in [-0.4, -0.2) is 45.0 Å². The minimum atomic E-state index is -3.52. The van der Waals surface area contributed by atoms with E-state index in [1.54, 1.807) is 35.2 Å². The summed E-state index contributed by atoms with van der Waals surface area (Å²) in [7, 11) is -3.52. The van der Waals surface area contributed by atoms with Crippen molar-refractivity contribution in [3.05, 3.63) is 59.7 Å². The molecule has 1 aliphatic heterocycles. The molecule has 0 atom stereocenters. The number of nitrogens with zero attached hydrogens (tertiary/aromatic N) is 1. The molecule has 2 aromatic rings. The predicted octanol–water partition coefficient (Wildman–Crippen LogP) is 3.04. The Balaban J connectivity index is 1.44. The molecule has 29 heavy (non-hydrogen) atoms. The van der Waals surface area contributed by atoms with Crippen molar-refractivity contribution in [2.75, 3.05) is 19.7 Å². The van der Waals surface area contributed by atoms with Crippen LogP contribution in [-0.2, 0) is 14.8 Å². The highest BCUT2D eigenvalue weighted by Crippen LogP contribution is 2.21. The van der Waals surface area contributed by atoms with Crippen LogP contribution in [0.2, 0.25) is 0 Å². The Labute approximate surface area is 172 Å². The second-order valence-electron chi connectivity index (χ2n) is 7.39. The molecule has 0 unspecified atom stereocenters. The molecule has 156 valence electrons. The average molecular weight is 417 g/mol. The highest BCUT2D eigenvalue weighted by Gasteiger charge is 2.26. The Morgan fingerprint density at radius 1 is 1.07 bits per heavy atom. The van der Waals surface area contributed by atoms with Crippen LogP contribution in [0.3, 0.4) is 0 Å². The number of sulfonamides is 1. The first kappa shape index (κ1) is 21.3. The van der Waals surface area contributed by atoms with Crippen LogP contribution in [0.4, 0.5) is 0 Å². The number of likely N-dealkylation sites (tertiary alicyclic amines) is 1. The van der Waals surface area contributed by atoms with Gasteiger partial charge in [-0.05, 0) is 56.0 Å². The van der Waals surface area contributed by atoms with Gasteiger partial charge in [0.15, 0.2) is 0 Å². The lowest BCUT2D eigenvalue weighted by atomic mass is 10.1. The number of hydrogen-bond acceptors (Lipinski definition) is 4. The first-order chi connectivity index (χ1) is 13.9. The molecule has 1 heterocycles. The van der Waals surface area contributed by atoms with E-state index in [4.69, 9.17) is 4.74 Å². The third-order valence-electron chi connectivity index (χ3n) is 5.35. The van der Waals surface area contributed by atoms with Crippen LogP contribution < -0.4 is 9.46 Å². The monoisotopic (exact) mass is 416 g/mol. The molecular formula is C22H28N2O4S. The number of amides is 1. The number of hydrogen-bond donors (Lipinski definition) is 1. The molecule has 0 bridgehead atoms. The number of nitrogens with one attached hydrogen (secondary N) is 1. The van der Waals surface area contributed by atoms with Gasteiger partial charge in [-0.3, -0.25) is 4.79 Å². The maximum absolute atomic E-state index is 12.5. The summed E-state index contributed by atoms with van der Waals surface area (Å²) in [5.41, 5.74) is 2.25. The molecule has 0 spiro atoms. The second kappa shape index (κ2) is 9.41. The summed E-state index contributed by atoms with van der Waals surface area (Å²) in [6.45, 7) is 5.47. The van der Waals surface area contributed by atoms with Crippen molar-refractivity contribution in [1.29, 1.82) is 0 Å². The van der Waals surface area contributed by atoms with Gasteiger partial charge < -0.3 is 9.64 Å². The van der Waals surface area contributed by atoms with Crippen LogP contribution in [0.1, 0.15) is 30.4 Å². The fourth-order valence-corrected chi connectivity index (χ4v) is 4.75. The summed E-state index contributed by atoms with van der Waals surface area (Å²) in [6, 6.07) is 14.1. The van der Waals surface area contributed by atoms with Gasteiger partial charge in [0, 0.05) is 19.1 Å². The van der Waals surface area contributed by atoms with Crippen LogP contribution in [0.15, 0.2) is 53.4 Å². The Morgan fingerprint density at radius 2 is 1.76 bits per heavy atom. The molecule has 1 saturated heterocycles. The van der Waals surface area contributed by atoms with Gasteiger partial charge in [0.2, 0.25) is 15.9 Å². The molecule has 1 N–H and O–H groups in total. The maximum atomic E-state index is 12.5. The number of carbonyl (C=O) groups is 1. The molecule has 0 aliphatic carbocycles. The van der Waals surface area contributed by atoms with E-state index < -0.39 is 10.0 Å². The SMILES string of the molecule is Cc1cccc(OCCC(=O)N2CCC(NS(=O)(=O)c3ccccc3)CC2)c1C. The van der Waals surface area contributed by atoms with Gasteiger partial charge in [-0.15, -0.1) is 0 Å². The van der Waals surface area contributed by atoms with Gasteiger partial charge in [0.1, 0.15) is 5.75 Å². The zero-order chi connectivity index (χ0) is 20.9. The molecule has 0 saturated carbocycles. The normalized spacial score (nSPS) is 15.3. The molecule has 2 aromatic carbocycles. The van der Waals surface area contributed by atoms with Gasteiger partial charge in [-0.25, -0.2) is 13.1 Å². The van der Waals surface area contributed by atoms with E-state index in [-0.39, 0.29) is 16.8 Å². The summed E-state index contributed by atoms with van der Waals surface area (Å²) in [4.78, 5) is 14.5. The van der Waals surface area contributed by atoms with Crippen molar-refractivity contribution >= 4 is 15.9 Å². The quantitative estimate of drug-likeness (QED) is 0.753. The molecule has 0 radical (unpaired) electrons. The summed E-state index contributed by atoms with van der Waals surface area (Å²) in [5, 5.41) is 0. The summed E-state index contributed by atoms with van der Waals surface area (Å²) in [5.74, 6) is 0.853. The van der Waals surface area contributed by atoms with Gasteiger partial charge in [0.05, 0.1) is 17.9 Å². The van der Waals surface area contributed by atoms with Crippen LogP contribution in [0, 0.1) is 13.8 Å². The van der Waals surface area contributed by atoms with E-state index in [0.29, 0.717) is 39.0 Å². The Morgan fingerprint density at radius 3 is 2.45 bits per heavy atom. The Kier molecular flexibility index (Phi) is 6.92. The molecule has 0 aromatic heterocycles. The third-order valence-corrected chi connectivity index (χ3v) is 6.89. The van der Waals surface area contributed by atoms with E-state index >= 15 is 0 Å². The molecule has 1 amide bonds. The van der Waals surface area contributed by atoms with Crippen molar-refractivity contribution in [3.63, 3.8) is 0 Å². The lowest BCUT2D eigenvalue weighted by Crippen LogP contribution is -2.46. The fourth-order valence-electron chi connectivity index (χ4n) is 3.42. The fraction of sp³-hybridized carbons (Fsp3) is 0.409. The van der Waals surface area contributed by atoms with Crippen molar-refractivity contribution in [1.82, 2.24) is 9.62 Å². The van der Waals surface area contributed by atoms with Crippen molar-refractivity contribution in [2.45, 2.75) is 44.0 Å². The molecule has 1 aliphatic rings. The second-order valence-corrected chi connectivity index (χ2v) is 9.10. The third kappa shape index (κ3) is 5.58. The standard InChI is InChI=1S/C22H28N2O4S/c1-17-7-6-10-21(18(17)2)28-16-13-22(25)24-14-11-19(12-15-24)23-29(26,27)20-8-4-3-5-9-20/h3-10,19,23H,11-16H2,1-2H3. The first-order valence-electron chi connectivity index (χ1n) is 9.91. The van der Waals surface area contributed by atoms with E-state index in [0.717, 1.165) is 16.9 Å². The van der Waals surface area contributed by atoms with E-state index in [1.807, 2.05) is 32.0 Å². The maximum Gasteiger partial charge on any atom is 0.240 e. The lowest BCUT2D eigenvalue weighted by molar-refractivity contribution is -0.132. The van der Waals surface area contributed by atoms with Gasteiger partial charge in [0.25, 0.3) is 0 Å². The number of carbonyl (C=O) groups excluding carboxylic acids is 1. The molecule has 3 rings (SSSR count). The number of rotatable bonds is 7. The number of piperidine rings is 1.